The number of hydrogen-bond donors (Lipinski definition) is 4. The van der Waals surface area contributed by atoms with Gasteiger partial charge in [-0.2, -0.15) is 0 Å². The number of benzene rings is 2. The Morgan fingerprint density at radius 1 is 0.893 bits per heavy atom. The van der Waals surface area contributed by atoms with Crippen molar-refractivity contribution in [2.75, 3.05) is 27.3 Å². The maximum Gasteiger partial charge on any atom is 0.407 e. The third-order valence-electron chi connectivity index (χ3n) is 12.5. The molecule has 14 nitrogen and oxygen atoms in total. The highest BCUT2D eigenvalue weighted by Crippen LogP contribution is 2.44. The molecule has 5 aliphatic rings. The molecule has 56 heavy (non-hydrogen) atoms. The van der Waals surface area contributed by atoms with Crippen molar-refractivity contribution in [1.82, 2.24) is 35.7 Å². The Morgan fingerprint density at radius 3 is 2.38 bits per heavy atom. The Bertz CT molecular complexity index is 2060. The summed E-state index contributed by atoms with van der Waals surface area (Å²) in [6.45, 7) is 6.75. The van der Waals surface area contributed by atoms with Crippen LogP contribution in [0.5, 0.6) is 0 Å². The number of ether oxygens (including phenoxy) is 2. The van der Waals surface area contributed by atoms with E-state index in [2.05, 4.69) is 57.3 Å². The number of piperidine rings is 1. The zero-order valence-corrected chi connectivity index (χ0v) is 32.8. The van der Waals surface area contributed by atoms with E-state index >= 15 is 0 Å². The number of methoxy groups -OCH3 is 2. The summed E-state index contributed by atoms with van der Waals surface area (Å²) in [5, 5.41) is 9.06. The van der Waals surface area contributed by atoms with Gasteiger partial charge in [0.15, 0.2) is 0 Å². The van der Waals surface area contributed by atoms with Gasteiger partial charge in [-0.15, -0.1) is 0 Å². The molecule has 4 N–H and O–H groups in total. The highest BCUT2D eigenvalue weighted by Gasteiger charge is 2.52. The van der Waals surface area contributed by atoms with E-state index in [-0.39, 0.29) is 41.9 Å². The quantitative estimate of drug-likeness (QED) is 0.235. The number of carbonyl (C=O) groups is 4. The zero-order chi connectivity index (χ0) is 39.2. The third kappa shape index (κ3) is 6.87. The fraction of sp³-hybridized carbons (Fsp3) is 0.524. The van der Waals surface area contributed by atoms with E-state index in [1.54, 1.807) is 6.92 Å². The Kier molecular flexibility index (Phi) is 10.2. The van der Waals surface area contributed by atoms with Crippen molar-refractivity contribution in [3.05, 3.63) is 65.1 Å². The summed E-state index contributed by atoms with van der Waals surface area (Å²) in [5.41, 5.74) is 8.21. The maximum absolute atomic E-state index is 13.6. The van der Waals surface area contributed by atoms with Gasteiger partial charge in [-0.3, -0.25) is 14.6 Å². The number of aliphatic imine (C=N–C) groups is 1. The van der Waals surface area contributed by atoms with Crippen LogP contribution in [-0.2, 0) is 31.9 Å². The normalized spacial score (nSPS) is 24.5. The molecule has 3 aliphatic heterocycles. The molecule has 1 unspecified atom stereocenters. The smallest absolute Gasteiger partial charge is 0.407 e. The van der Waals surface area contributed by atoms with E-state index in [9.17, 15) is 19.2 Å². The molecule has 14 heteroatoms. The Balaban J connectivity index is 0.944. The number of aromatic amines is 1. The fourth-order valence-electron chi connectivity index (χ4n) is 9.65. The molecule has 2 bridgehead atoms. The highest BCUT2D eigenvalue weighted by atomic mass is 16.5. The SMILES string of the molecule is COC(=O)N[C@@H](C)C(=O)N1[C@@H]2CC[C@@H](C2)[C@H]1C1=NCC(c2ccc3c(c2)CCc2cc(-c4cnc([C@@H]5CCCN5C(=O)[C@@H](NC(=O)OC)C(C)C)[nH]4)ccc2-3)N1. The molecule has 8 rings (SSSR count). The number of aryl methyl sites for hydroxylation is 2. The minimum absolute atomic E-state index is 0.0294. The van der Waals surface area contributed by atoms with Gasteiger partial charge >= 0.3 is 12.2 Å². The molecule has 1 saturated carbocycles. The zero-order valence-electron chi connectivity index (χ0n) is 32.8. The van der Waals surface area contributed by atoms with Gasteiger partial charge in [-0.05, 0) is 103 Å². The molecule has 2 aromatic carbocycles. The molecule has 1 aromatic heterocycles. The number of hydrogen-bond acceptors (Lipinski definition) is 9. The minimum Gasteiger partial charge on any atom is -0.453 e. The molecule has 7 atom stereocenters. The van der Waals surface area contributed by atoms with Crippen LogP contribution in [0.15, 0.2) is 47.6 Å². The second-order valence-corrected chi connectivity index (χ2v) is 16.2. The number of aromatic nitrogens is 2. The molecule has 3 fully saturated rings. The van der Waals surface area contributed by atoms with E-state index in [1.807, 2.05) is 29.8 Å². The van der Waals surface area contributed by atoms with Gasteiger partial charge in [0.2, 0.25) is 11.8 Å². The van der Waals surface area contributed by atoms with Crippen LogP contribution in [0.25, 0.3) is 22.4 Å². The van der Waals surface area contributed by atoms with Gasteiger partial charge < -0.3 is 40.2 Å². The number of imidazole rings is 1. The van der Waals surface area contributed by atoms with Gasteiger partial charge in [-0.1, -0.05) is 44.2 Å². The molecule has 0 radical (unpaired) electrons. The monoisotopic (exact) mass is 764 g/mol. The average molecular weight is 765 g/mol. The van der Waals surface area contributed by atoms with Gasteiger partial charge in [0.05, 0.1) is 50.8 Å². The predicted octanol–water partition coefficient (Wildman–Crippen LogP) is 5.05. The van der Waals surface area contributed by atoms with Gasteiger partial charge in [0.1, 0.15) is 23.7 Å². The molecular formula is C42H52N8O6. The highest BCUT2D eigenvalue weighted by molar-refractivity contribution is 5.96. The number of amidine groups is 1. The van der Waals surface area contributed by atoms with Crippen molar-refractivity contribution in [2.24, 2.45) is 16.8 Å². The lowest BCUT2D eigenvalue weighted by Gasteiger charge is -2.37. The van der Waals surface area contributed by atoms with Crippen LogP contribution in [0, 0.1) is 11.8 Å². The summed E-state index contributed by atoms with van der Waals surface area (Å²) in [4.78, 5) is 68.0. The van der Waals surface area contributed by atoms with E-state index in [1.165, 1.54) is 42.0 Å². The van der Waals surface area contributed by atoms with Gasteiger partial charge in [0, 0.05) is 12.6 Å². The Morgan fingerprint density at radius 2 is 1.62 bits per heavy atom. The summed E-state index contributed by atoms with van der Waals surface area (Å²) >= 11 is 0. The number of nitrogens with one attached hydrogen (secondary N) is 4. The van der Waals surface area contributed by atoms with E-state index in [0.717, 1.165) is 67.9 Å². The van der Waals surface area contributed by atoms with Gasteiger partial charge in [0.25, 0.3) is 0 Å². The van der Waals surface area contributed by atoms with Gasteiger partial charge in [-0.25, -0.2) is 14.6 Å². The third-order valence-corrected chi connectivity index (χ3v) is 12.5. The van der Waals surface area contributed by atoms with Crippen LogP contribution in [0.1, 0.15) is 87.5 Å². The van der Waals surface area contributed by atoms with Crippen molar-refractivity contribution >= 4 is 29.8 Å². The van der Waals surface area contributed by atoms with Crippen LogP contribution in [0.3, 0.4) is 0 Å². The summed E-state index contributed by atoms with van der Waals surface area (Å²) in [7, 11) is 2.60. The standard InChI is InChI=1S/C42H52N8O6/c1-22(2)35(48-42(54)56-5)40(52)49-16-6-7-34(49)37-43-20-32(46-37)26-11-14-30-24(17-26)8-9-25-18-27(12-15-31(25)30)33-21-44-38(47-33)36-28-10-13-29(19-28)50(36)39(51)23(3)45-41(53)55-4/h11-12,14-15,17-18,20,22-23,28-29,33-36H,6-10,13,16,19,21H2,1-5H3,(H,43,46)(H,44,47)(H,45,53)(H,48,54)/t23-,28-,29+,33?,34-,35-,36-/m0/s1. The largest absolute Gasteiger partial charge is 0.453 e. The lowest BCUT2D eigenvalue weighted by molar-refractivity contribution is -0.136. The molecule has 2 saturated heterocycles. The number of H-pyrrole nitrogens is 1. The molecule has 4 amide bonds. The second-order valence-electron chi connectivity index (χ2n) is 16.2. The summed E-state index contributed by atoms with van der Waals surface area (Å²) in [5.74, 6) is 1.67. The molecular weight excluding hydrogens is 713 g/mol. The first-order valence-electron chi connectivity index (χ1n) is 20.0. The molecule has 3 aromatic rings. The summed E-state index contributed by atoms with van der Waals surface area (Å²) in [6, 6.07) is 11.9. The lowest BCUT2D eigenvalue weighted by atomic mass is 9.83. The number of rotatable bonds is 9. The summed E-state index contributed by atoms with van der Waals surface area (Å²) in [6.07, 6.45) is 7.12. The van der Waals surface area contributed by atoms with E-state index in [0.29, 0.717) is 19.0 Å². The second kappa shape index (κ2) is 15.3. The van der Waals surface area contributed by atoms with E-state index in [4.69, 9.17) is 19.5 Å². The number of likely N-dealkylation sites (tertiary alicyclic amines) is 2. The number of fused-ring (bicyclic) bond motifs is 5. The Hall–Kier alpha value is -5.40. The lowest BCUT2D eigenvalue weighted by Crippen LogP contribution is -2.57. The molecule has 296 valence electrons. The maximum atomic E-state index is 13.6. The topological polar surface area (TPSA) is 170 Å². The number of nitrogens with zero attached hydrogens (tertiary/aromatic N) is 4. The van der Waals surface area contributed by atoms with Crippen molar-refractivity contribution in [3.63, 3.8) is 0 Å². The van der Waals surface area contributed by atoms with Crippen molar-refractivity contribution in [3.8, 4) is 22.4 Å². The molecule has 4 heterocycles. The van der Waals surface area contributed by atoms with Crippen LogP contribution in [-0.4, -0.2) is 101 Å². The predicted molar refractivity (Wildman–Crippen MR) is 210 cm³/mol. The number of carbonyl (C=O) groups excluding carboxylic acids is 4. The van der Waals surface area contributed by atoms with Crippen LogP contribution >= 0.6 is 0 Å². The molecule has 0 spiro atoms. The van der Waals surface area contributed by atoms with Crippen molar-refractivity contribution in [1.29, 1.82) is 0 Å². The van der Waals surface area contributed by atoms with Crippen molar-refractivity contribution in [2.45, 2.75) is 102 Å². The van der Waals surface area contributed by atoms with Crippen LogP contribution in [0.2, 0.25) is 0 Å². The minimum atomic E-state index is -0.680. The summed E-state index contributed by atoms with van der Waals surface area (Å²) < 4.78 is 9.51. The van der Waals surface area contributed by atoms with Crippen molar-refractivity contribution < 1.29 is 28.7 Å². The first-order valence-corrected chi connectivity index (χ1v) is 20.0. The van der Waals surface area contributed by atoms with E-state index < -0.39 is 24.3 Å². The molecule has 2 aliphatic carbocycles. The fourth-order valence-corrected chi connectivity index (χ4v) is 9.65. The average Bonchev–Trinajstić information content (AvgIpc) is 4.06. The number of amides is 4. The van der Waals surface area contributed by atoms with Crippen LogP contribution < -0.4 is 16.0 Å². The first kappa shape index (κ1) is 37.5. The number of alkyl carbamates (subject to hydrolysis) is 2. The Labute approximate surface area is 327 Å². The van der Waals surface area contributed by atoms with Crippen LogP contribution in [0.4, 0.5) is 9.59 Å². The first-order chi connectivity index (χ1) is 27.0.